The van der Waals surface area contributed by atoms with Crippen LogP contribution >= 0.6 is 0 Å². The van der Waals surface area contributed by atoms with Gasteiger partial charge in [0.15, 0.2) is 15.7 Å². The largest absolute Gasteiger partial charge is 0.329 e. The molecule has 84 valence electrons. The monoisotopic (exact) mass is 230 g/mol. The SMILES string of the molecule is CCCn1ccnc1C(=O)CS(C)(=O)=O. The quantitative estimate of drug-likeness (QED) is 0.691. The van der Waals surface area contributed by atoms with Crippen molar-refractivity contribution in [2.24, 2.45) is 0 Å². The summed E-state index contributed by atoms with van der Waals surface area (Å²) >= 11 is 0. The molecule has 0 unspecified atom stereocenters. The predicted octanol–water partition coefficient (Wildman–Crippen LogP) is 0.520. The Morgan fingerprint density at radius 2 is 2.20 bits per heavy atom. The molecule has 0 aliphatic rings. The van der Waals surface area contributed by atoms with E-state index in [2.05, 4.69) is 4.98 Å². The fourth-order valence-corrected chi connectivity index (χ4v) is 1.89. The lowest BCUT2D eigenvalue weighted by atomic mass is 10.4. The second-order valence-corrected chi connectivity index (χ2v) is 5.58. The third kappa shape index (κ3) is 3.47. The maximum absolute atomic E-state index is 11.6. The maximum atomic E-state index is 11.6. The molecule has 1 rings (SSSR count). The first-order chi connectivity index (χ1) is 6.94. The summed E-state index contributed by atoms with van der Waals surface area (Å²) in [7, 11) is -3.28. The highest BCUT2D eigenvalue weighted by Crippen LogP contribution is 2.02. The molecule has 0 atom stereocenters. The van der Waals surface area contributed by atoms with Crippen LogP contribution in [0.5, 0.6) is 0 Å². The van der Waals surface area contributed by atoms with E-state index in [1.807, 2.05) is 6.92 Å². The first-order valence-electron chi connectivity index (χ1n) is 4.66. The van der Waals surface area contributed by atoms with E-state index in [0.29, 0.717) is 6.54 Å². The number of hydrogen-bond acceptors (Lipinski definition) is 4. The third-order valence-electron chi connectivity index (χ3n) is 1.82. The minimum atomic E-state index is -3.28. The van der Waals surface area contributed by atoms with Gasteiger partial charge >= 0.3 is 0 Å². The summed E-state index contributed by atoms with van der Waals surface area (Å²) in [6.07, 6.45) is 5.09. The number of imidazole rings is 1. The van der Waals surface area contributed by atoms with Gasteiger partial charge in [0.1, 0.15) is 5.75 Å². The van der Waals surface area contributed by atoms with E-state index in [1.54, 1.807) is 10.8 Å². The van der Waals surface area contributed by atoms with Crippen molar-refractivity contribution in [2.45, 2.75) is 19.9 Å². The van der Waals surface area contributed by atoms with Crippen LogP contribution in [0.15, 0.2) is 12.4 Å². The lowest BCUT2D eigenvalue weighted by Gasteiger charge is -2.04. The van der Waals surface area contributed by atoms with Gasteiger partial charge in [0.25, 0.3) is 0 Å². The fourth-order valence-electron chi connectivity index (χ4n) is 1.29. The first-order valence-corrected chi connectivity index (χ1v) is 6.72. The van der Waals surface area contributed by atoms with Crippen molar-refractivity contribution in [1.82, 2.24) is 9.55 Å². The van der Waals surface area contributed by atoms with Crippen molar-refractivity contribution in [2.75, 3.05) is 12.0 Å². The van der Waals surface area contributed by atoms with Crippen LogP contribution in [0.3, 0.4) is 0 Å². The molecule has 5 nitrogen and oxygen atoms in total. The number of ketones is 1. The highest BCUT2D eigenvalue weighted by Gasteiger charge is 2.17. The average Bonchev–Trinajstić information content (AvgIpc) is 2.49. The third-order valence-corrected chi connectivity index (χ3v) is 2.61. The van der Waals surface area contributed by atoms with Gasteiger partial charge in [-0.25, -0.2) is 13.4 Å². The molecule has 15 heavy (non-hydrogen) atoms. The van der Waals surface area contributed by atoms with Crippen LogP contribution in [-0.2, 0) is 16.4 Å². The second kappa shape index (κ2) is 4.57. The van der Waals surface area contributed by atoms with Crippen LogP contribution in [0.2, 0.25) is 0 Å². The normalized spacial score (nSPS) is 11.6. The Kier molecular flexibility index (Phi) is 3.62. The maximum Gasteiger partial charge on any atom is 0.213 e. The molecule has 0 amide bonds. The summed E-state index contributed by atoms with van der Waals surface area (Å²) in [5.41, 5.74) is 0. The molecule has 0 aromatic carbocycles. The van der Waals surface area contributed by atoms with Crippen molar-refractivity contribution in [3.8, 4) is 0 Å². The van der Waals surface area contributed by atoms with E-state index in [1.165, 1.54) is 6.20 Å². The zero-order chi connectivity index (χ0) is 11.5. The molecule has 0 spiro atoms. The van der Waals surface area contributed by atoms with E-state index in [9.17, 15) is 13.2 Å². The van der Waals surface area contributed by atoms with E-state index >= 15 is 0 Å². The number of aromatic nitrogens is 2. The average molecular weight is 230 g/mol. The second-order valence-electron chi connectivity index (χ2n) is 3.44. The van der Waals surface area contributed by atoms with Crippen LogP contribution in [0.25, 0.3) is 0 Å². The van der Waals surface area contributed by atoms with E-state index in [-0.39, 0.29) is 5.82 Å². The van der Waals surface area contributed by atoms with Crippen molar-refractivity contribution < 1.29 is 13.2 Å². The van der Waals surface area contributed by atoms with E-state index in [0.717, 1.165) is 12.7 Å². The molecular formula is C9H14N2O3S. The lowest BCUT2D eigenvalue weighted by molar-refractivity contribution is 0.100. The number of hydrogen-bond donors (Lipinski definition) is 0. The van der Waals surface area contributed by atoms with Gasteiger partial charge < -0.3 is 4.57 Å². The van der Waals surface area contributed by atoms with Gasteiger partial charge in [0, 0.05) is 25.2 Å². The number of sulfone groups is 1. The highest BCUT2D eigenvalue weighted by atomic mass is 32.2. The van der Waals surface area contributed by atoms with Crippen molar-refractivity contribution >= 4 is 15.6 Å². The van der Waals surface area contributed by atoms with Crippen molar-refractivity contribution in [1.29, 1.82) is 0 Å². The number of carbonyl (C=O) groups is 1. The molecule has 0 saturated heterocycles. The summed E-state index contributed by atoms with van der Waals surface area (Å²) in [6.45, 7) is 2.65. The minimum Gasteiger partial charge on any atom is -0.329 e. The van der Waals surface area contributed by atoms with E-state index < -0.39 is 21.4 Å². The Morgan fingerprint density at radius 1 is 1.53 bits per heavy atom. The summed E-state index contributed by atoms with van der Waals surface area (Å²) in [6, 6.07) is 0. The summed E-state index contributed by atoms with van der Waals surface area (Å²) in [4.78, 5) is 15.4. The lowest BCUT2D eigenvalue weighted by Crippen LogP contribution is -2.19. The van der Waals surface area contributed by atoms with Gasteiger partial charge in [0.05, 0.1) is 0 Å². The smallest absolute Gasteiger partial charge is 0.213 e. The highest BCUT2D eigenvalue weighted by molar-refractivity contribution is 7.91. The Morgan fingerprint density at radius 3 is 2.73 bits per heavy atom. The zero-order valence-corrected chi connectivity index (χ0v) is 9.62. The Bertz CT molecular complexity index is 448. The fraction of sp³-hybridized carbons (Fsp3) is 0.556. The predicted molar refractivity (Wildman–Crippen MR) is 56.6 cm³/mol. The minimum absolute atomic E-state index is 0.224. The number of aryl methyl sites for hydroxylation is 1. The molecule has 1 heterocycles. The van der Waals surface area contributed by atoms with Crippen LogP contribution in [0, 0.1) is 0 Å². The van der Waals surface area contributed by atoms with Crippen LogP contribution < -0.4 is 0 Å². The van der Waals surface area contributed by atoms with Crippen LogP contribution in [0.1, 0.15) is 24.0 Å². The van der Waals surface area contributed by atoms with Gasteiger partial charge in [-0.3, -0.25) is 4.79 Å². The molecule has 0 bridgehead atoms. The number of nitrogens with zero attached hydrogens (tertiary/aromatic N) is 2. The van der Waals surface area contributed by atoms with Crippen LogP contribution in [0.4, 0.5) is 0 Å². The molecule has 0 aliphatic heterocycles. The molecule has 1 aromatic rings. The molecule has 0 fully saturated rings. The summed E-state index contributed by atoms with van der Waals surface area (Å²) < 4.78 is 23.6. The van der Waals surface area contributed by atoms with Crippen LogP contribution in [-0.4, -0.2) is 35.8 Å². The van der Waals surface area contributed by atoms with Gasteiger partial charge in [0.2, 0.25) is 5.78 Å². The number of carbonyl (C=O) groups excluding carboxylic acids is 1. The van der Waals surface area contributed by atoms with Crippen molar-refractivity contribution in [3.63, 3.8) is 0 Å². The molecular weight excluding hydrogens is 216 g/mol. The molecule has 1 aromatic heterocycles. The van der Waals surface area contributed by atoms with Gasteiger partial charge in [-0.15, -0.1) is 0 Å². The van der Waals surface area contributed by atoms with Crippen molar-refractivity contribution in [3.05, 3.63) is 18.2 Å². The number of rotatable bonds is 5. The zero-order valence-electron chi connectivity index (χ0n) is 8.80. The Hall–Kier alpha value is -1.17. The Balaban J connectivity index is 2.87. The van der Waals surface area contributed by atoms with Gasteiger partial charge in [-0.05, 0) is 6.42 Å². The van der Waals surface area contributed by atoms with Gasteiger partial charge in [-0.1, -0.05) is 6.92 Å². The topological polar surface area (TPSA) is 69.0 Å². The summed E-state index contributed by atoms with van der Waals surface area (Å²) in [5, 5.41) is 0. The number of Topliss-reactive ketones (excluding diaryl/α,β-unsaturated/α-hetero) is 1. The molecule has 0 radical (unpaired) electrons. The molecule has 0 N–H and O–H groups in total. The molecule has 0 aliphatic carbocycles. The van der Waals surface area contributed by atoms with E-state index in [4.69, 9.17) is 0 Å². The summed E-state index contributed by atoms with van der Waals surface area (Å²) in [5.74, 6) is -0.702. The van der Waals surface area contributed by atoms with Gasteiger partial charge in [-0.2, -0.15) is 0 Å². The Labute approximate surface area is 89.0 Å². The standard InChI is InChI=1S/C9H14N2O3S/c1-3-5-11-6-4-10-9(11)8(12)7-15(2,13)14/h4,6H,3,5,7H2,1-2H3. The first kappa shape index (κ1) is 11.9. The molecule has 6 heteroatoms. The molecule has 0 saturated carbocycles.